The van der Waals surface area contributed by atoms with Gasteiger partial charge in [-0.1, -0.05) is 36.4 Å². The molecule has 0 spiro atoms. The van der Waals surface area contributed by atoms with Crippen molar-refractivity contribution < 1.29 is 8.42 Å². The highest BCUT2D eigenvalue weighted by atomic mass is 32.2. The molecule has 22 heavy (non-hydrogen) atoms. The van der Waals surface area contributed by atoms with E-state index >= 15 is 0 Å². The van der Waals surface area contributed by atoms with E-state index in [9.17, 15) is 8.42 Å². The molecule has 0 aliphatic carbocycles. The van der Waals surface area contributed by atoms with Crippen molar-refractivity contribution in [2.45, 2.75) is 39.0 Å². The quantitative estimate of drug-likeness (QED) is 0.918. The molecule has 4 heteroatoms. The zero-order valence-electron chi connectivity index (χ0n) is 13.6. The largest absolute Gasteiger partial charge is 0.241 e. The van der Waals surface area contributed by atoms with Crippen LogP contribution in [0.25, 0.3) is 0 Å². The fourth-order valence-electron chi connectivity index (χ4n) is 2.63. The highest BCUT2D eigenvalue weighted by Gasteiger charge is 2.21. The summed E-state index contributed by atoms with van der Waals surface area (Å²) in [4.78, 5) is 0.429. The van der Waals surface area contributed by atoms with Gasteiger partial charge in [0.05, 0.1) is 4.90 Å². The Bertz CT molecular complexity index is 739. The van der Waals surface area contributed by atoms with Crippen molar-refractivity contribution in [3.8, 4) is 0 Å². The van der Waals surface area contributed by atoms with Crippen molar-refractivity contribution in [3.63, 3.8) is 0 Å². The molecule has 0 aliphatic rings. The van der Waals surface area contributed by atoms with Crippen LogP contribution < -0.4 is 4.72 Å². The average Bonchev–Trinajstić information content (AvgIpc) is 2.46. The van der Waals surface area contributed by atoms with Gasteiger partial charge in [-0.05, 0) is 61.9 Å². The van der Waals surface area contributed by atoms with Gasteiger partial charge in [0.15, 0.2) is 0 Å². The first-order chi connectivity index (χ1) is 10.3. The van der Waals surface area contributed by atoms with Crippen molar-refractivity contribution >= 4 is 10.0 Å². The summed E-state index contributed by atoms with van der Waals surface area (Å²) in [6.07, 6.45) is 0.683. The number of hydrogen-bond acceptors (Lipinski definition) is 2. The zero-order chi connectivity index (χ0) is 16.3. The summed E-state index contributed by atoms with van der Waals surface area (Å²) in [6, 6.07) is 11.9. The molecule has 0 aliphatic heterocycles. The van der Waals surface area contributed by atoms with Crippen LogP contribution >= 0.6 is 0 Å². The Hall–Kier alpha value is -1.65. The second-order valence-electron chi connectivity index (χ2n) is 5.72. The lowest BCUT2D eigenvalue weighted by Crippen LogP contribution is -2.27. The molecular weight excluding hydrogens is 294 g/mol. The molecule has 0 radical (unpaired) electrons. The van der Waals surface area contributed by atoms with Crippen molar-refractivity contribution in [3.05, 3.63) is 64.2 Å². The molecule has 2 aromatic rings. The maximum Gasteiger partial charge on any atom is 0.241 e. The van der Waals surface area contributed by atoms with Gasteiger partial charge in [-0.15, -0.1) is 0 Å². The highest BCUT2D eigenvalue weighted by Crippen LogP contribution is 2.25. The van der Waals surface area contributed by atoms with Gasteiger partial charge in [0.25, 0.3) is 0 Å². The van der Waals surface area contributed by atoms with Gasteiger partial charge in [0, 0.05) is 6.54 Å². The Morgan fingerprint density at radius 2 is 1.45 bits per heavy atom. The van der Waals surface area contributed by atoms with Crippen LogP contribution in [0.2, 0.25) is 0 Å². The van der Waals surface area contributed by atoms with Gasteiger partial charge < -0.3 is 0 Å². The maximum atomic E-state index is 12.7. The average molecular weight is 317 g/mol. The predicted octanol–water partition coefficient (Wildman–Crippen LogP) is 3.44. The van der Waals surface area contributed by atoms with E-state index in [-0.39, 0.29) is 0 Å². The minimum Gasteiger partial charge on any atom is -0.211 e. The lowest BCUT2D eigenvalue weighted by molar-refractivity contribution is 0.580. The van der Waals surface area contributed by atoms with Crippen LogP contribution in [0.5, 0.6) is 0 Å². The summed E-state index contributed by atoms with van der Waals surface area (Å²) in [5.41, 5.74) is 4.79. The number of rotatable bonds is 5. The summed E-state index contributed by atoms with van der Waals surface area (Å²) >= 11 is 0. The van der Waals surface area contributed by atoms with E-state index in [1.807, 2.05) is 64.1 Å². The molecule has 0 amide bonds. The predicted molar refractivity (Wildman–Crippen MR) is 90.7 cm³/mol. The first-order valence-corrected chi connectivity index (χ1v) is 8.92. The lowest BCUT2D eigenvalue weighted by Gasteiger charge is -2.16. The van der Waals surface area contributed by atoms with E-state index in [4.69, 9.17) is 0 Å². The third-order valence-corrected chi connectivity index (χ3v) is 5.85. The molecule has 0 heterocycles. The molecule has 0 fully saturated rings. The van der Waals surface area contributed by atoms with Crippen LogP contribution in [0, 0.1) is 27.7 Å². The van der Waals surface area contributed by atoms with Crippen molar-refractivity contribution in [1.82, 2.24) is 4.72 Å². The number of aryl methyl sites for hydroxylation is 2. The fraction of sp³-hybridized carbons (Fsp3) is 0.333. The van der Waals surface area contributed by atoms with E-state index in [0.717, 1.165) is 27.8 Å². The van der Waals surface area contributed by atoms with E-state index in [2.05, 4.69) is 4.72 Å². The SMILES string of the molecule is Cc1cc(C)c(C)c(S(=O)(=O)NCCc2ccccc2)c1C. The van der Waals surface area contributed by atoms with Crippen LogP contribution in [0.15, 0.2) is 41.3 Å². The van der Waals surface area contributed by atoms with Crippen molar-refractivity contribution in [1.29, 1.82) is 0 Å². The van der Waals surface area contributed by atoms with Gasteiger partial charge in [-0.2, -0.15) is 0 Å². The van der Waals surface area contributed by atoms with E-state index < -0.39 is 10.0 Å². The standard InChI is InChI=1S/C18H23NO2S/c1-13-12-14(2)16(4)18(15(13)3)22(20,21)19-11-10-17-8-6-5-7-9-17/h5-9,12,19H,10-11H2,1-4H3. The normalized spacial score (nSPS) is 11.6. The minimum absolute atomic E-state index is 0.401. The van der Waals surface area contributed by atoms with E-state index in [1.54, 1.807) is 0 Å². The summed E-state index contributed by atoms with van der Waals surface area (Å²) in [5.74, 6) is 0. The Morgan fingerprint density at radius 3 is 2.00 bits per heavy atom. The highest BCUT2D eigenvalue weighted by molar-refractivity contribution is 7.89. The molecule has 0 atom stereocenters. The summed E-state index contributed by atoms with van der Waals surface area (Å²) < 4.78 is 28.0. The molecule has 2 aromatic carbocycles. The van der Waals surface area contributed by atoms with Gasteiger partial charge in [0.1, 0.15) is 0 Å². The Kier molecular flexibility index (Phi) is 5.04. The molecule has 0 unspecified atom stereocenters. The molecule has 2 rings (SSSR count). The molecule has 3 nitrogen and oxygen atoms in total. The molecule has 0 bridgehead atoms. The van der Waals surface area contributed by atoms with E-state index in [0.29, 0.717) is 17.9 Å². The third-order valence-electron chi connectivity index (χ3n) is 4.11. The monoisotopic (exact) mass is 317 g/mol. The summed E-state index contributed by atoms with van der Waals surface area (Å²) in [7, 11) is -3.49. The maximum absolute atomic E-state index is 12.7. The van der Waals surface area contributed by atoms with Crippen LogP contribution in [0.1, 0.15) is 27.8 Å². The topological polar surface area (TPSA) is 46.2 Å². The number of sulfonamides is 1. The first-order valence-electron chi connectivity index (χ1n) is 7.44. The second kappa shape index (κ2) is 6.63. The lowest BCUT2D eigenvalue weighted by atomic mass is 10.0. The van der Waals surface area contributed by atoms with Crippen molar-refractivity contribution in [2.75, 3.05) is 6.54 Å². The van der Waals surface area contributed by atoms with Crippen LogP contribution in [-0.4, -0.2) is 15.0 Å². The van der Waals surface area contributed by atoms with Crippen LogP contribution in [0.4, 0.5) is 0 Å². The molecule has 0 saturated heterocycles. The Balaban J connectivity index is 2.21. The van der Waals surface area contributed by atoms with Gasteiger partial charge in [0.2, 0.25) is 10.0 Å². The van der Waals surface area contributed by atoms with Crippen LogP contribution in [0.3, 0.4) is 0 Å². The first kappa shape index (κ1) is 16.7. The summed E-state index contributed by atoms with van der Waals surface area (Å²) in [5, 5.41) is 0. The Morgan fingerprint density at radius 1 is 0.909 bits per heavy atom. The van der Waals surface area contributed by atoms with Gasteiger partial charge in [-0.3, -0.25) is 0 Å². The van der Waals surface area contributed by atoms with Gasteiger partial charge >= 0.3 is 0 Å². The fourth-order valence-corrected chi connectivity index (χ4v) is 4.27. The smallest absolute Gasteiger partial charge is 0.211 e. The summed E-state index contributed by atoms with van der Waals surface area (Å²) in [6.45, 7) is 8.04. The molecule has 0 saturated carbocycles. The number of benzene rings is 2. The second-order valence-corrected chi connectivity index (χ2v) is 7.43. The third kappa shape index (κ3) is 3.57. The van der Waals surface area contributed by atoms with Gasteiger partial charge in [-0.25, -0.2) is 13.1 Å². The molecular formula is C18H23NO2S. The molecule has 0 aromatic heterocycles. The Labute approximate surface area is 133 Å². The van der Waals surface area contributed by atoms with Crippen molar-refractivity contribution in [2.24, 2.45) is 0 Å². The number of nitrogens with one attached hydrogen (secondary N) is 1. The van der Waals surface area contributed by atoms with E-state index in [1.165, 1.54) is 0 Å². The zero-order valence-corrected chi connectivity index (χ0v) is 14.4. The molecule has 1 N–H and O–H groups in total. The molecule has 118 valence electrons. The van der Waals surface area contributed by atoms with Crippen LogP contribution in [-0.2, 0) is 16.4 Å². The minimum atomic E-state index is -3.49. The number of hydrogen-bond donors (Lipinski definition) is 1.